The van der Waals surface area contributed by atoms with Crippen molar-refractivity contribution in [2.24, 2.45) is 17.6 Å². The molecule has 9 heterocycles. The van der Waals surface area contributed by atoms with E-state index in [4.69, 9.17) is 60.5 Å². The van der Waals surface area contributed by atoms with E-state index in [0.29, 0.717) is 131 Å². The Morgan fingerprint density at radius 3 is 1.24 bits per heavy atom. The number of nitrogens with zero attached hydrogens (tertiary/aromatic N) is 15. The summed E-state index contributed by atoms with van der Waals surface area (Å²) in [6.07, 6.45) is 4.24. The van der Waals surface area contributed by atoms with Crippen LogP contribution in [0, 0.1) is 53.4 Å². The summed E-state index contributed by atoms with van der Waals surface area (Å²) in [5.41, 5.74) is 25.2. The van der Waals surface area contributed by atoms with Gasteiger partial charge in [-0.25, -0.2) is 9.97 Å². The van der Waals surface area contributed by atoms with Gasteiger partial charge in [-0.05, 0) is 122 Å². The average Bonchev–Trinajstić information content (AvgIpc) is 1.65. The minimum atomic E-state index is -0.130. The van der Waals surface area contributed by atoms with E-state index in [9.17, 15) is 24.0 Å². The smallest absolute Gasteiger partial charge is 0.257 e. The minimum Gasteiger partial charge on any atom is -0.492 e. The van der Waals surface area contributed by atoms with Crippen LogP contribution in [0.4, 0.5) is 28.4 Å². The standard InChI is InChI=1S/C24H26N6O3.C19H19ClN6O2.C11H14N4O.C8H6Cl2N2O.C4H7NO.2CH4/c1-13-14(2)28-30(27-13)20-7-5-6-17(23(20)33-4)26-18-10-16(11-21(31)15-8-9-15)25-19-12-29(3)24(32)22(18)19;1-10-11(2)24-26(23-10)15-7-5-6-12(18(15)28-4)21-13-8-16(20)22-14-9-25(3)19(27)17(13)14;1-7-8(2)14-15(13-7)10-6-4-5-9(12)11(10)16-3;1-12-3-5-7(8(12)13)4(9)2-6(10)11-5;5-4(6)3-1-2-3;;/h5-7,10,15H,8-9,11-12H2,1-4H3,(H,25,26);5-8H,9H2,1-4H3,(H,21,22);4-6H,12H2,1-3H3;2H,3H2,1H3;3H,1-2H2,(H2,5,6);2*1H4. The van der Waals surface area contributed by atoms with Crippen LogP contribution < -0.4 is 36.3 Å². The molecule has 9 aromatic rings. The summed E-state index contributed by atoms with van der Waals surface area (Å²) in [6.45, 7) is 12.8. The molecule has 2 aliphatic carbocycles. The third kappa shape index (κ3) is 16.1. The fourth-order valence-corrected chi connectivity index (χ4v) is 11.3. The van der Waals surface area contributed by atoms with Crippen molar-refractivity contribution < 1.29 is 38.2 Å². The molecule has 0 spiro atoms. The fraction of sp³-hybridized carbons (Fsp3) is 0.353. The van der Waals surface area contributed by atoms with E-state index < -0.39 is 0 Å². The van der Waals surface area contributed by atoms with Crippen LogP contribution in [-0.2, 0) is 35.6 Å². The molecule has 3 aliphatic heterocycles. The Bertz CT molecular complexity index is 4470. The number of nitrogens with one attached hydrogen (secondary N) is 2. The molecule has 98 heavy (non-hydrogen) atoms. The lowest BCUT2D eigenvalue weighted by Crippen LogP contribution is -2.18. The predicted molar refractivity (Wildman–Crippen MR) is 375 cm³/mol. The number of primary amides is 1. The van der Waals surface area contributed by atoms with E-state index in [1.807, 2.05) is 96.1 Å². The number of carbonyl (C=O) groups excluding carboxylic acids is 5. The zero-order chi connectivity index (χ0) is 69.1. The van der Waals surface area contributed by atoms with Crippen LogP contribution in [0.1, 0.15) is 129 Å². The summed E-state index contributed by atoms with van der Waals surface area (Å²) >= 11 is 17.7. The molecule has 0 unspecified atom stereocenters. The lowest BCUT2D eigenvalue weighted by molar-refractivity contribution is -0.120. The maximum absolute atomic E-state index is 12.9. The van der Waals surface area contributed by atoms with E-state index in [1.165, 1.54) is 10.9 Å². The quantitative estimate of drug-likeness (QED) is 0.0580. The molecule has 0 radical (unpaired) electrons. The van der Waals surface area contributed by atoms with Crippen molar-refractivity contribution in [3.63, 3.8) is 0 Å². The maximum atomic E-state index is 12.9. The second-order valence-corrected chi connectivity index (χ2v) is 24.7. The lowest BCUT2D eigenvalue weighted by Gasteiger charge is -2.16. The highest BCUT2D eigenvalue weighted by molar-refractivity contribution is 6.36. The highest BCUT2D eigenvalue weighted by Gasteiger charge is 2.35. The Labute approximate surface area is 583 Å². The number of carbonyl (C=O) groups is 5. The van der Waals surface area contributed by atoms with Crippen LogP contribution in [0.25, 0.3) is 17.1 Å². The van der Waals surface area contributed by atoms with Crippen LogP contribution in [0.5, 0.6) is 17.2 Å². The van der Waals surface area contributed by atoms with Crippen molar-refractivity contribution in [1.29, 1.82) is 0 Å². The molecule has 0 saturated heterocycles. The number of aryl methyl sites for hydroxylation is 6. The van der Waals surface area contributed by atoms with Gasteiger partial charge in [-0.2, -0.15) is 30.6 Å². The summed E-state index contributed by atoms with van der Waals surface area (Å²) in [6, 6.07) is 21.6. The normalized spacial score (nSPS) is 13.7. The molecule has 4 amide bonds. The summed E-state index contributed by atoms with van der Waals surface area (Å²) in [4.78, 5) is 81.7. The van der Waals surface area contributed by atoms with E-state index in [-0.39, 0.29) is 62.5 Å². The summed E-state index contributed by atoms with van der Waals surface area (Å²) in [5.74, 6) is 1.88. The van der Waals surface area contributed by atoms with Crippen molar-refractivity contribution >= 4 is 92.7 Å². The first-order valence-electron chi connectivity index (χ1n) is 30.5. The molecular formula is C68H80Cl3N19O8. The van der Waals surface area contributed by atoms with Crippen molar-refractivity contribution in [1.82, 2.24) is 74.6 Å². The number of anilines is 5. The van der Waals surface area contributed by atoms with Gasteiger partial charge in [0.1, 0.15) is 33.2 Å². The zero-order valence-corrected chi connectivity index (χ0v) is 57.3. The Balaban J connectivity index is 0.000000169. The van der Waals surface area contributed by atoms with Gasteiger partial charge in [0.25, 0.3) is 17.7 Å². The molecule has 2 fully saturated rings. The molecule has 27 nitrogen and oxygen atoms in total. The highest BCUT2D eigenvalue weighted by atomic mass is 35.5. The number of ketones is 1. The summed E-state index contributed by atoms with van der Waals surface area (Å²) < 4.78 is 16.6. The second kappa shape index (κ2) is 30.9. The molecule has 0 bridgehead atoms. The molecule has 6 aromatic heterocycles. The maximum Gasteiger partial charge on any atom is 0.257 e. The number of para-hydroxylation sites is 3. The Hall–Kier alpha value is -10.2. The van der Waals surface area contributed by atoms with Crippen molar-refractivity contribution in [3.8, 4) is 34.3 Å². The van der Waals surface area contributed by atoms with Crippen LogP contribution in [0.15, 0.2) is 72.8 Å². The number of hydrogen-bond acceptors (Lipinski definition) is 20. The van der Waals surface area contributed by atoms with Gasteiger partial charge in [-0.3, -0.25) is 29.0 Å². The predicted octanol–water partition coefficient (Wildman–Crippen LogP) is 11.0. The number of aromatic nitrogens is 12. The highest BCUT2D eigenvalue weighted by Crippen LogP contribution is 2.40. The monoisotopic (exact) mass is 1400 g/mol. The van der Waals surface area contributed by atoms with E-state index in [0.717, 1.165) is 65.5 Å². The molecule has 516 valence electrons. The number of ether oxygens (including phenoxy) is 3. The number of amides is 4. The molecule has 2 saturated carbocycles. The second-order valence-electron chi connectivity index (χ2n) is 23.5. The zero-order valence-electron chi connectivity index (χ0n) is 55.0. The first kappa shape index (κ1) is 73.6. The third-order valence-corrected chi connectivity index (χ3v) is 17.0. The van der Waals surface area contributed by atoms with Gasteiger partial charge in [-0.1, -0.05) is 67.9 Å². The Morgan fingerprint density at radius 2 is 0.857 bits per heavy atom. The molecule has 5 aliphatic rings. The van der Waals surface area contributed by atoms with Crippen molar-refractivity contribution in [2.45, 2.75) is 108 Å². The van der Waals surface area contributed by atoms with Gasteiger partial charge >= 0.3 is 0 Å². The van der Waals surface area contributed by atoms with Crippen LogP contribution >= 0.6 is 34.8 Å². The fourth-order valence-electron chi connectivity index (χ4n) is 10.5. The molecule has 3 aromatic carbocycles. The number of fused-ring (bicyclic) bond motifs is 3. The average molecular weight is 1400 g/mol. The minimum absolute atomic E-state index is 0. The first-order chi connectivity index (χ1) is 45.8. The van der Waals surface area contributed by atoms with Gasteiger partial charge in [0.2, 0.25) is 5.91 Å². The number of nitrogens with two attached hydrogens (primary N) is 2. The number of methoxy groups -OCH3 is 3. The number of nitrogen functional groups attached to an aromatic ring is 1. The van der Waals surface area contributed by atoms with Crippen LogP contribution in [0.3, 0.4) is 0 Å². The SMILES string of the molecule is C.C.CN1Cc2nc(Cl)cc(Cl)c2C1=O.COc1c(N)cccc1-n1nc(C)c(C)n1.COc1c(Nc2cc(CC(=O)C3CC3)nc3c2C(=O)N(C)C3)cccc1-n1nc(C)c(C)n1.COc1c(Nc2cc(Cl)nc3c2C(=O)N(C)C3)cccc1-n1nc(C)c(C)n1.NC(=O)C1CC1. The number of Topliss-reactive ketones (excluding diaryl/α,β-unsaturated/α-hetero) is 1. The topological polar surface area (TPSA) is 330 Å². The molecule has 14 rings (SSSR count). The Morgan fingerprint density at radius 1 is 0.500 bits per heavy atom. The van der Waals surface area contributed by atoms with E-state index in [1.54, 1.807) is 78.9 Å². The molecular weight excluding hydrogens is 1320 g/mol. The largest absolute Gasteiger partial charge is 0.492 e. The third-order valence-electron chi connectivity index (χ3n) is 16.3. The van der Waals surface area contributed by atoms with Gasteiger partial charge in [0.05, 0.1) is 148 Å². The number of pyridine rings is 3. The molecule has 6 N–H and O–H groups in total. The lowest BCUT2D eigenvalue weighted by atomic mass is 10.1. The van der Waals surface area contributed by atoms with Crippen molar-refractivity contribution in [3.05, 3.63) is 162 Å². The molecule has 0 atom stereocenters. The van der Waals surface area contributed by atoms with Gasteiger partial charge in [0, 0.05) is 39.4 Å². The number of benzene rings is 3. The summed E-state index contributed by atoms with van der Waals surface area (Å²) in [7, 11) is 9.93. The number of hydrogen-bond donors (Lipinski definition) is 4. The van der Waals surface area contributed by atoms with E-state index >= 15 is 0 Å². The van der Waals surface area contributed by atoms with Gasteiger partial charge in [0.15, 0.2) is 17.2 Å². The van der Waals surface area contributed by atoms with Gasteiger partial charge < -0.3 is 51.0 Å². The Kier molecular flexibility index (Phi) is 23.2. The van der Waals surface area contributed by atoms with Crippen molar-refractivity contribution in [2.75, 3.05) is 58.8 Å². The molecule has 30 heteroatoms. The van der Waals surface area contributed by atoms with Gasteiger partial charge in [-0.15, -0.1) is 14.4 Å². The first-order valence-corrected chi connectivity index (χ1v) is 31.6. The van der Waals surface area contributed by atoms with Crippen LogP contribution in [0.2, 0.25) is 15.3 Å². The number of rotatable bonds is 14. The van der Waals surface area contributed by atoms with Crippen LogP contribution in [-0.4, -0.2) is 147 Å². The van der Waals surface area contributed by atoms with E-state index in [2.05, 4.69) is 56.2 Å². The summed E-state index contributed by atoms with van der Waals surface area (Å²) in [5, 5.41) is 34.1. The number of halogens is 3.